The number of amides is 1. The Balaban J connectivity index is 1.65. The lowest BCUT2D eigenvalue weighted by Crippen LogP contribution is -2.34. The van der Waals surface area contributed by atoms with Gasteiger partial charge < -0.3 is 5.32 Å². The molecule has 2 aromatic heterocycles. The van der Waals surface area contributed by atoms with E-state index < -0.39 is 0 Å². The van der Waals surface area contributed by atoms with Gasteiger partial charge in [0, 0.05) is 29.3 Å². The summed E-state index contributed by atoms with van der Waals surface area (Å²) < 4.78 is 1.68. The van der Waals surface area contributed by atoms with Crippen molar-refractivity contribution in [2.75, 3.05) is 0 Å². The van der Waals surface area contributed by atoms with Crippen LogP contribution in [0.1, 0.15) is 12.5 Å². The van der Waals surface area contributed by atoms with E-state index in [9.17, 15) is 4.79 Å². The fraction of sp³-hybridized carbons (Fsp3) is 0.176. The number of carbonyl (C=O) groups is 1. The van der Waals surface area contributed by atoms with Crippen molar-refractivity contribution in [1.82, 2.24) is 25.1 Å². The smallest absolute Gasteiger partial charge is 0.244 e. The van der Waals surface area contributed by atoms with Crippen molar-refractivity contribution in [3.05, 3.63) is 60.8 Å². The fourth-order valence-electron chi connectivity index (χ4n) is 2.37. The largest absolute Gasteiger partial charge is 0.348 e. The standard InChI is InChI=1S/C17H17N5O/c1-13(10-22-12-18-11-20-22)21-16(23)8-7-15-5-2-4-14-6-3-9-19-17(14)15/h2-9,11-13H,10H2,1H3,(H,21,23). The molecule has 1 atom stereocenters. The summed E-state index contributed by atoms with van der Waals surface area (Å²) >= 11 is 0. The lowest BCUT2D eigenvalue weighted by Gasteiger charge is -2.11. The summed E-state index contributed by atoms with van der Waals surface area (Å²) in [5, 5.41) is 7.97. The number of carbonyl (C=O) groups excluding carboxylic acids is 1. The van der Waals surface area contributed by atoms with Gasteiger partial charge in [0.25, 0.3) is 0 Å². The second-order valence-corrected chi connectivity index (χ2v) is 5.28. The molecule has 1 aromatic carbocycles. The Bertz CT molecular complexity index is 821. The number of rotatable bonds is 5. The predicted molar refractivity (Wildman–Crippen MR) is 88.4 cm³/mol. The van der Waals surface area contributed by atoms with Gasteiger partial charge in [-0.25, -0.2) is 4.98 Å². The highest BCUT2D eigenvalue weighted by Crippen LogP contribution is 2.16. The zero-order chi connectivity index (χ0) is 16.1. The number of benzene rings is 1. The maximum atomic E-state index is 12.0. The molecular weight excluding hydrogens is 290 g/mol. The molecule has 2 heterocycles. The number of aromatic nitrogens is 4. The van der Waals surface area contributed by atoms with Crippen LogP contribution in [0.15, 0.2) is 55.3 Å². The molecule has 3 rings (SSSR count). The van der Waals surface area contributed by atoms with Crippen molar-refractivity contribution < 1.29 is 4.79 Å². The van der Waals surface area contributed by atoms with Crippen molar-refractivity contribution in [3.63, 3.8) is 0 Å². The van der Waals surface area contributed by atoms with Crippen LogP contribution in [0.2, 0.25) is 0 Å². The molecule has 6 heteroatoms. The summed E-state index contributed by atoms with van der Waals surface area (Å²) in [6, 6.07) is 9.75. The number of hydrogen-bond acceptors (Lipinski definition) is 4. The first-order valence-corrected chi connectivity index (χ1v) is 7.37. The number of nitrogens with one attached hydrogen (secondary N) is 1. The Hall–Kier alpha value is -3.02. The van der Waals surface area contributed by atoms with Gasteiger partial charge in [0.1, 0.15) is 12.7 Å². The van der Waals surface area contributed by atoms with Gasteiger partial charge in [-0.2, -0.15) is 5.10 Å². The minimum absolute atomic E-state index is 0.0421. The second-order valence-electron chi connectivity index (χ2n) is 5.28. The summed E-state index contributed by atoms with van der Waals surface area (Å²) in [5.41, 5.74) is 1.80. The van der Waals surface area contributed by atoms with Crippen LogP contribution in [0.4, 0.5) is 0 Å². The molecule has 0 fully saturated rings. The molecule has 0 aliphatic rings. The molecule has 116 valence electrons. The third-order valence-corrected chi connectivity index (χ3v) is 3.39. The summed E-state index contributed by atoms with van der Waals surface area (Å²) in [5.74, 6) is -0.148. The van der Waals surface area contributed by atoms with Gasteiger partial charge in [-0.1, -0.05) is 24.3 Å². The number of para-hydroxylation sites is 1. The van der Waals surface area contributed by atoms with Crippen LogP contribution >= 0.6 is 0 Å². The topological polar surface area (TPSA) is 72.7 Å². The molecule has 0 radical (unpaired) electrons. The van der Waals surface area contributed by atoms with Crippen molar-refractivity contribution in [2.24, 2.45) is 0 Å². The van der Waals surface area contributed by atoms with E-state index in [1.165, 1.54) is 12.4 Å². The Morgan fingerprint density at radius 1 is 1.35 bits per heavy atom. The molecule has 0 spiro atoms. The number of fused-ring (bicyclic) bond motifs is 1. The molecular formula is C17H17N5O. The Morgan fingerprint density at radius 2 is 2.22 bits per heavy atom. The monoisotopic (exact) mass is 307 g/mol. The molecule has 0 saturated carbocycles. The molecule has 0 aliphatic heterocycles. The predicted octanol–water partition coefficient (Wildman–Crippen LogP) is 2.04. The van der Waals surface area contributed by atoms with Crippen LogP contribution in [0.25, 0.3) is 17.0 Å². The highest BCUT2D eigenvalue weighted by molar-refractivity contribution is 5.95. The van der Waals surface area contributed by atoms with E-state index in [-0.39, 0.29) is 11.9 Å². The lowest BCUT2D eigenvalue weighted by molar-refractivity contribution is -0.117. The Morgan fingerprint density at radius 3 is 3.04 bits per heavy atom. The van der Waals surface area contributed by atoms with Gasteiger partial charge in [-0.15, -0.1) is 0 Å². The van der Waals surface area contributed by atoms with Gasteiger partial charge >= 0.3 is 0 Å². The molecule has 3 aromatic rings. The van der Waals surface area contributed by atoms with Crippen LogP contribution in [0.3, 0.4) is 0 Å². The van der Waals surface area contributed by atoms with Crippen LogP contribution in [-0.4, -0.2) is 31.7 Å². The minimum atomic E-state index is -0.148. The van der Waals surface area contributed by atoms with Gasteiger partial charge in [0.2, 0.25) is 5.91 Å². The van der Waals surface area contributed by atoms with Gasteiger partial charge in [0.15, 0.2) is 0 Å². The summed E-state index contributed by atoms with van der Waals surface area (Å²) in [7, 11) is 0. The van der Waals surface area contributed by atoms with Gasteiger partial charge in [0.05, 0.1) is 12.1 Å². The minimum Gasteiger partial charge on any atom is -0.348 e. The van der Waals surface area contributed by atoms with Crippen LogP contribution in [0.5, 0.6) is 0 Å². The fourth-order valence-corrected chi connectivity index (χ4v) is 2.37. The third kappa shape index (κ3) is 3.79. The number of hydrogen-bond donors (Lipinski definition) is 1. The van der Waals surface area contributed by atoms with Crippen molar-refractivity contribution in [2.45, 2.75) is 19.5 Å². The molecule has 23 heavy (non-hydrogen) atoms. The first-order chi connectivity index (χ1) is 11.2. The number of pyridine rings is 1. The quantitative estimate of drug-likeness (QED) is 0.732. The molecule has 0 aliphatic carbocycles. The zero-order valence-electron chi connectivity index (χ0n) is 12.8. The van der Waals surface area contributed by atoms with Crippen molar-refractivity contribution in [3.8, 4) is 0 Å². The highest BCUT2D eigenvalue weighted by Gasteiger charge is 2.06. The Kier molecular flexibility index (Phi) is 4.42. The highest BCUT2D eigenvalue weighted by atomic mass is 16.1. The average Bonchev–Trinajstić information content (AvgIpc) is 3.05. The maximum absolute atomic E-state index is 12.0. The molecule has 6 nitrogen and oxygen atoms in total. The maximum Gasteiger partial charge on any atom is 0.244 e. The van der Waals surface area contributed by atoms with E-state index in [0.717, 1.165) is 16.5 Å². The van der Waals surface area contributed by atoms with Gasteiger partial charge in [-0.3, -0.25) is 14.5 Å². The van der Waals surface area contributed by atoms with Crippen LogP contribution in [0, 0.1) is 0 Å². The van der Waals surface area contributed by atoms with Crippen LogP contribution in [-0.2, 0) is 11.3 Å². The molecule has 1 unspecified atom stereocenters. The van der Waals surface area contributed by atoms with E-state index in [2.05, 4.69) is 20.4 Å². The molecule has 0 bridgehead atoms. The molecule has 0 saturated heterocycles. The second kappa shape index (κ2) is 6.83. The number of nitrogens with zero attached hydrogens (tertiary/aromatic N) is 4. The Labute approximate surface area is 133 Å². The average molecular weight is 307 g/mol. The van der Waals surface area contributed by atoms with E-state index in [0.29, 0.717) is 6.54 Å². The zero-order valence-corrected chi connectivity index (χ0v) is 12.8. The lowest BCUT2D eigenvalue weighted by atomic mass is 10.1. The van der Waals surface area contributed by atoms with Crippen LogP contribution < -0.4 is 5.32 Å². The summed E-state index contributed by atoms with van der Waals surface area (Å²) in [6.45, 7) is 2.50. The van der Waals surface area contributed by atoms with E-state index in [4.69, 9.17) is 0 Å². The molecule has 1 N–H and O–H groups in total. The van der Waals surface area contributed by atoms with Gasteiger partial charge in [-0.05, 0) is 19.1 Å². The third-order valence-electron chi connectivity index (χ3n) is 3.39. The van der Waals surface area contributed by atoms with E-state index in [1.54, 1.807) is 23.3 Å². The van der Waals surface area contributed by atoms with Crippen molar-refractivity contribution in [1.29, 1.82) is 0 Å². The summed E-state index contributed by atoms with van der Waals surface area (Å²) in [4.78, 5) is 20.3. The molecule has 1 amide bonds. The van der Waals surface area contributed by atoms with Crippen molar-refractivity contribution >= 4 is 22.9 Å². The SMILES string of the molecule is CC(Cn1cncn1)NC(=O)C=Cc1cccc2cccnc12. The first kappa shape index (κ1) is 14.9. The van der Waals surface area contributed by atoms with E-state index in [1.807, 2.05) is 37.3 Å². The normalized spacial score (nSPS) is 12.6. The summed E-state index contributed by atoms with van der Waals surface area (Å²) in [6.07, 6.45) is 8.16. The van der Waals surface area contributed by atoms with E-state index >= 15 is 0 Å². The first-order valence-electron chi connectivity index (χ1n) is 7.37.